The Balaban J connectivity index is 2.24. The van der Waals surface area contributed by atoms with Crippen LogP contribution in [0.2, 0.25) is 0 Å². The Hall–Kier alpha value is -0.380. The lowest BCUT2D eigenvalue weighted by Gasteiger charge is -2.16. The Kier molecular flexibility index (Phi) is 5.15. The molecule has 0 aliphatic rings. The van der Waals surface area contributed by atoms with Crippen LogP contribution in [0.15, 0.2) is 16.8 Å². The van der Waals surface area contributed by atoms with Crippen molar-refractivity contribution in [2.75, 3.05) is 20.3 Å². The minimum atomic E-state index is 0.445. The van der Waals surface area contributed by atoms with Crippen LogP contribution in [0.25, 0.3) is 0 Å². The van der Waals surface area contributed by atoms with Crippen LogP contribution in [-0.4, -0.2) is 20.3 Å². The van der Waals surface area contributed by atoms with Gasteiger partial charge in [-0.25, -0.2) is 0 Å². The van der Waals surface area contributed by atoms with Crippen molar-refractivity contribution in [2.45, 2.75) is 19.9 Å². The molecule has 1 N–H and O–H groups in total. The first-order chi connectivity index (χ1) is 6.74. The molecule has 1 rings (SSSR count). The number of hydrogen-bond donors (Lipinski definition) is 1. The second-order valence-corrected chi connectivity index (χ2v) is 4.53. The molecule has 1 heterocycles. The Morgan fingerprint density at radius 2 is 2.29 bits per heavy atom. The zero-order valence-corrected chi connectivity index (χ0v) is 9.93. The van der Waals surface area contributed by atoms with Crippen molar-refractivity contribution in [3.8, 4) is 0 Å². The van der Waals surface area contributed by atoms with Gasteiger partial charge < -0.3 is 10.1 Å². The number of ether oxygens (including phenoxy) is 1. The third-order valence-electron chi connectivity index (χ3n) is 2.27. The van der Waals surface area contributed by atoms with Crippen molar-refractivity contribution in [3.63, 3.8) is 0 Å². The summed E-state index contributed by atoms with van der Waals surface area (Å²) in [7, 11) is 1.75. The summed E-state index contributed by atoms with van der Waals surface area (Å²) in [4.78, 5) is 0. The molecule has 0 fully saturated rings. The van der Waals surface area contributed by atoms with E-state index in [1.54, 1.807) is 18.4 Å². The highest BCUT2D eigenvalue weighted by Gasteiger charge is 2.07. The Bertz CT molecular complexity index is 235. The zero-order chi connectivity index (χ0) is 10.4. The van der Waals surface area contributed by atoms with E-state index in [1.165, 1.54) is 5.56 Å². The van der Waals surface area contributed by atoms with Crippen LogP contribution in [-0.2, 0) is 4.74 Å². The number of rotatable bonds is 6. The SMILES string of the molecule is COCC(C)CNC(C)c1ccsc1. The molecule has 1 aromatic rings. The van der Waals surface area contributed by atoms with Gasteiger partial charge in [0.2, 0.25) is 0 Å². The third kappa shape index (κ3) is 3.78. The first-order valence-corrected chi connectivity index (χ1v) is 5.92. The molecule has 2 unspecified atom stereocenters. The van der Waals surface area contributed by atoms with Gasteiger partial charge in [0.25, 0.3) is 0 Å². The molecule has 0 aliphatic carbocycles. The molecule has 14 heavy (non-hydrogen) atoms. The molecule has 2 atom stereocenters. The highest BCUT2D eigenvalue weighted by atomic mass is 32.1. The molecule has 80 valence electrons. The van der Waals surface area contributed by atoms with Crippen LogP contribution in [0.1, 0.15) is 25.5 Å². The van der Waals surface area contributed by atoms with Gasteiger partial charge in [-0.15, -0.1) is 0 Å². The van der Waals surface area contributed by atoms with Crippen LogP contribution in [0.5, 0.6) is 0 Å². The van der Waals surface area contributed by atoms with Gasteiger partial charge in [0.1, 0.15) is 0 Å². The first kappa shape index (κ1) is 11.7. The summed E-state index contributed by atoms with van der Waals surface area (Å²) in [6.07, 6.45) is 0. The van der Waals surface area contributed by atoms with E-state index in [2.05, 4.69) is 36.0 Å². The topological polar surface area (TPSA) is 21.3 Å². The number of hydrogen-bond acceptors (Lipinski definition) is 3. The quantitative estimate of drug-likeness (QED) is 0.784. The lowest BCUT2D eigenvalue weighted by Crippen LogP contribution is -2.26. The van der Waals surface area contributed by atoms with Crippen molar-refractivity contribution < 1.29 is 4.74 Å². The summed E-state index contributed by atoms with van der Waals surface area (Å²) in [5.41, 5.74) is 1.37. The van der Waals surface area contributed by atoms with E-state index < -0.39 is 0 Å². The van der Waals surface area contributed by atoms with Gasteiger partial charge in [-0.05, 0) is 35.2 Å². The maximum atomic E-state index is 5.09. The van der Waals surface area contributed by atoms with Crippen molar-refractivity contribution in [1.82, 2.24) is 5.32 Å². The third-order valence-corrected chi connectivity index (χ3v) is 2.97. The standard InChI is InChI=1S/C11H19NOS/c1-9(7-13-3)6-12-10(2)11-4-5-14-8-11/h4-5,8-10,12H,6-7H2,1-3H3. The average Bonchev–Trinajstić information content (AvgIpc) is 2.67. The van der Waals surface area contributed by atoms with Gasteiger partial charge in [0.05, 0.1) is 0 Å². The minimum Gasteiger partial charge on any atom is -0.384 e. The second kappa shape index (κ2) is 6.17. The van der Waals surface area contributed by atoms with E-state index in [1.807, 2.05) is 0 Å². The monoisotopic (exact) mass is 213 g/mol. The number of thiophene rings is 1. The van der Waals surface area contributed by atoms with E-state index in [0.29, 0.717) is 12.0 Å². The fourth-order valence-electron chi connectivity index (χ4n) is 1.36. The molecule has 0 saturated heterocycles. The highest BCUT2D eigenvalue weighted by Crippen LogP contribution is 2.15. The first-order valence-electron chi connectivity index (χ1n) is 4.98. The van der Waals surface area contributed by atoms with Crippen LogP contribution < -0.4 is 5.32 Å². The van der Waals surface area contributed by atoms with Gasteiger partial charge in [-0.2, -0.15) is 11.3 Å². The second-order valence-electron chi connectivity index (χ2n) is 3.75. The highest BCUT2D eigenvalue weighted by molar-refractivity contribution is 7.07. The summed E-state index contributed by atoms with van der Waals surface area (Å²) in [6, 6.07) is 2.61. The molecule has 2 nitrogen and oxygen atoms in total. The molecule has 0 aromatic carbocycles. The van der Waals surface area contributed by atoms with Crippen LogP contribution in [0.4, 0.5) is 0 Å². The van der Waals surface area contributed by atoms with Crippen molar-refractivity contribution >= 4 is 11.3 Å². The predicted octanol–water partition coefficient (Wildman–Crippen LogP) is 2.68. The van der Waals surface area contributed by atoms with Gasteiger partial charge in [-0.1, -0.05) is 6.92 Å². The summed E-state index contributed by atoms with van der Waals surface area (Å²) in [5.74, 6) is 0.570. The maximum Gasteiger partial charge on any atom is 0.0499 e. The summed E-state index contributed by atoms with van der Waals surface area (Å²) in [6.45, 7) is 6.21. The van der Waals surface area contributed by atoms with Crippen LogP contribution in [0.3, 0.4) is 0 Å². The minimum absolute atomic E-state index is 0.445. The lowest BCUT2D eigenvalue weighted by atomic mass is 10.1. The molecule has 0 bridgehead atoms. The fourth-order valence-corrected chi connectivity index (χ4v) is 2.11. The number of methoxy groups -OCH3 is 1. The molecule has 0 amide bonds. The lowest BCUT2D eigenvalue weighted by molar-refractivity contribution is 0.157. The zero-order valence-electron chi connectivity index (χ0n) is 9.12. The summed E-state index contributed by atoms with van der Waals surface area (Å²) < 4.78 is 5.09. The Morgan fingerprint density at radius 1 is 1.50 bits per heavy atom. The molecule has 0 radical (unpaired) electrons. The summed E-state index contributed by atoms with van der Waals surface area (Å²) >= 11 is 1.75. The molecule has 1 aromatic heterocycles. The van der Waals surface area contributed by atoms with Crippen LogP contribution in [0, 0.1) is 5.92 Å². The van der Waals surface area contributed by atoms with E-state index in [4.69, 9.17) is 4.74 Å². The van der Waals surface area contributed by atoms with Crippen molar-refractivity contribution in [3.05, 3.63) is 22.4 Å². The smallest absolute Gasteiger partial charge is 0.0499 e. The maximum absolute atomic E-state index is 5.09. The van der Waals surface area contributed by atoms with Gasteiger partial charge in [0.15, 0.2) is 0 Å². The largest absolute Gasteiger partial charge is 0.384 e. The van der Waals surface area contributed by atoms with Crippen molar-refractivity contribution in [1.29, 1.82) is 0 Å². The van der Waals surface area contributed by atoms with Gasteiger partial charge >= 0.3 is 0 Å². The fraction of sp³-hybridized carbons (Fsp3) is 0.636. The average molecular weight is 213 g/mol. The molecule has 3 heteroatoms. The molecular formula is C11H19NOS. The van der Waals surface area contributed by atoms with E-state index in [0.717, 1.165) is 13.2 Å². The van der Waals surface area contributed by atoms with E-state index in [-0.39, 0.29) is 0 Å². The van der Waals surface area contributed by atoms with Crippen molar-refractivity contribution in [2.24, 2.45) is 5.92 Å². The van der Waals surface area contributed by atoms with Gasteiger partial charge in [0, 0.05) is 26.3 Å². The van der Waals surface area contributed by atoms with E-state index >= 15 is 0 Å². The summed E-state index contributed by atoms with van der Waals surface area (Å²) in [5, 5.41) is 7.81. The predicted molar refractivity (Wildman–Crippen MR) is 61.8 cm³/mol. The molecule has 0 aliphatic heterocycles. The Morgan fingerprint density at radius 3 is 2.86 bits per heavy atom. The Labute approximate surface area is 90.3 Å². The van der Waals surface area contributed by atoms with Gasteiger partial charge in [-0.3, -0.25) is 0 Å². The molecule has 0 spiro atoms. The number of nitrogens with one attached hydrogen (secondary N) is 1. The van der Waals surface area contributed by atoms with E-state index in [9.17, 15) is 0 Å². The molecule has 0 saturated carbocycles. The van der Waals surface area contributed by atoms with Crippen LogP contribution >= 0.6 is 11.3 Å². The normalized spacial score (nSPS) is 15.4. The molecular weight excluding hydrogens is 194 g/mol.